The Labute approximate surface area is 124 Å². The molecule has 2 aromatic rings. The molecule has 0 saturated heterocycles. The normalized spacial score (nSPS) is 10.3. The summed E-state index contributed by atoms with van der Waals surface area (Å²) in [5, 5.41) is 7.73. The zero-order valence-electron chi connectivity index (χ0n) is 11.2. The molecule has 7 heteroatoms. The van der Waals surface area contributed by atoms with Crippen molar-refractivity contribution in [2.45, 2.75) is 13.5 Å². The van der Waals surface area contributed by atoms with E-state index in [1.54, 1.807) is 23.0 Å². The van der Waals surface area contributed by atoms with Gasteiger partial charge in [0.1, 0.15) is 19.2 Å². The van der Waals surface area contributed by atoms with Crippen LogP contribution in [-0.2, 0) is 13.7 Å². The van der Waals surface area contributed by atoms with Crippen molar-refractivity contribution >= 4 is 22.2 Å². The lowest BCUT2D eigenvalue weighted by atomic mass is 10.2. The maximum atomic E-state index is 10.9. The fraction of sp³-hybridized carbons (Fsp3) is 0.308. The molecule has 106 valence electrons. The Morgan fingerprint density at radius 1 is 1.40 bits per heavy atom. The quantitative estimate of drug-likeness (QED) is 0.756. The minimum absolute atomic E-state index is 0.260. The van der Waals surface area contributed by atoms with Crippen LogP contribution >= 0.6 is 15.9 Å². The van der Waals surface area contributed by atoms with Crippen LogP contribution in [0.25, 0.3) is 0 Å². The molecule has 0 aliphatic rings. The fourth-order valence-corrected chi connectivity index (χ4v) is 2.21. The number of hydrogen-bond acceptors (Lipinski definition) is 5. The zero-order valence-corrected chi connectivity index (χ0v) is 12.8. The number of carbonyl (C=O) groups is 1. The van der Waals surface area contributed by atoms with Gasteiger partial charge < -0.3 is 14.0 Å². The summed E-state index contributed by atoms with van der Waals surface area (Å²) in [7, 11) is 1.84. The number of aldehydes is 1. The van der Waals surface area contributed by atoms with Gasteiger partial charge in [0.25, 0.3) is 0 Å². The predicted molar refractivity (Wildman–Crippen MR) is 76.0 cm³/mol. The van der Waals surface area contributed by atoms with Crippen molar-refractivity contribution in [1.82, 2.24) is 14.8 Å². The van der Waals surface area contributed by atoms with Crippen LogP contribution in [0.4, 0.5) is 0 Å². The van der Waals surface area contributed by atoms with Crippen LogP contribution in [0.3, 0.4) is 0 Å². The molecule has 1 aromatic carbocycles. The van der Waals surface area contributed by atoms with E-state index in [1.807, 2.05) is 14.0 Å². The first-order valence-electron chi connectivity index (χ1n) is 6.03. The highest BCUT2D eigenvalue weighted by Crippen LogP contribution is 2.37. The number of rotatable bonds is 6. The molecule has 0 bridgehead atoms. The van der Waals surface area contributed by atoms with E-state index in [0.29, 0.717) is 34.0 Å². The third kappa shape index (κ3) is 3.16. The first-order chi connectivity index (χ1) is 9.65. The van der Waals surface area contributed by atoms with Gasteiger partial charge in [-0.1, -0.05) is 0 Å². The summed E-state index contributed by atoms with van der Waals surface area (Å²) < 4.78 is 13.7. The van der Waals surface area contributed by atoms with E-state index < -0.39 is 0 Å². The maximum Gasteiger partial charge on any atom is 0.176 e. The van der Waals surface area contributed by atoms with Crippen LogP contribution in [0, 0.1) is 0 Å². The van der Waals surface area contributed by atoms with E-state index >= 15 is 0 Å². The van der Waals surface area contributed by atoms with Gasteiger partial charge >= 0.3 is 0 Å². The number of aromatic nitrogens is 3. The Morgan fingerprint density at radius 3 is 2.80 bits per heavy atom. The van der Waals surface area contributed by atoms with Crippen LogP contribution in [0.15, 0.2) is 22.9 Å². The van der Waals surface area contributed by atoms with E-state index in [2.05, 4.69) is 26.1 Å². The second-order valence-corrected chi connectivity index (χ2v) is 4.88. The number of nitrogens with zero attached hydrogens (tertiary/aromatic N) is 3. The second-order valence-electron chi connectivity index (χ2n) is 4.03. The molecule has 20 heavy (non-hydrogen) atoms. The third-order valence-corrected chi connectivity index (χ3v) is 3.21. The number of hydrogen-bond donors (Lipinski definition) is 0. The van der Waals surface area contributed by atoms with Gasteiger partial charge in [-0.15, -0.1) is 10.2 Å². The van der Waals surface area contributed by atoms with Crippen molar-refractivity contribution in [2.75, 3.05) is 6.61 Å². The lowest BCUT2D eigenvalue weighted by Crippen LogP contribution is -2.05. The standard InChI is InChI=1S/C13H14BrN3O3/c1-3-19-11-5-9(6-18)4-10(14)13(11)20-7-12-16-15-8-17(12)2/h4-6,8H,3,7H2,1-2H3. The summed E-state index contributed by atoms with van der Waals surface area (Å²) in [5.41, 5.74) is 0.520. The van der Waals surface area contributed by atoms with Gasteiger partial charge in [-0.25, -0.2) is 0 Å². The molecule has 1 aromatic heterocycles. The Morgan fingerprint density at radius 2 is 2.20 bits per heavy atom. The van der Waals surface area contributed by atoms with Gasteiger partial charge in [0.05, 0.1) is 11.1 Å². The molecule has 0 fully saturated rings. The molecule has 0 N–H and O–H groups in total. The van der Waals surface area contributed by atoms with Crippen LogP contribution < -0.4 is 9.47 Å². The van der Waals surface area contributed by atoms with Gasteiger partial charge in [-0.2, -0.15) is 0 Å². The van der Waals surface area contributed by atoms with Crippen molar-refractivity contribution in [1.29, 1.82) is 0 Å². The largest absolute Gasteiger partial charge is 0.490 e. The lowest BCUT2D eigenvalue weighted by molar-refractivity contribution is 0.112. The van der Waals surface area contributed by atoms with E-state index in [0.717, 1.165) is 6.29 Å². The molecule has 6 nitrogen and oxygen atoms in total. The lowest BCUT2D eigenvalue weighted by Gasteiger charge is -2.14. The molecule has 0 amide bonds. The zero-order chi connectivity index (χ0) is 14.5. The molecular formula is C13H14BrN3O3. The van der Waals surface area contributed by atoms with E-state index in [9.17, 15) is 4.79 Å². The van der Waals surface area contributed by atoms with Crippen molar-refractivity contribution in [3.63, 3.8) is 0 Å². The Kier molecular flexibility index (Phi) is 4.73. The topological polar surface area (TPSA) is 66.2 Å². The Bertz CT molecular complexity index is 613. The number of aryl methyl sites for hydroxylation is 1. The van der Waals surface area contributed by atoms with E-state index in [-0.39, 0.29) is 6.61 Å². The summed E-state index contributed by atoms with van der Waals surface area (Å²) >= 11 is 3.38. The predicted octanol–water partition coefficient (Wildman–Crippen LogP) is 2.37. The monoisotopic (exact) mass is 339 g/mol. The number of halogens is 1. The minimum Gasteiger partial charge on any atom is -0.490 e. The molecule has 0 aliphatic carbocycles. The smallest absolute Gasteiger partial charge is 0.176 e. The van der Waals surface area contributed by atoms with E-state index in [4.69, 9.17) is 9.47 Å². The van der Waals surface area contributed by atoms with Crippen molar-refractivity contribution in [3.8, 4) is 11.5 Å². The molecule has 2 rings (SSSR count). The SMILES string of the molecule is CCOc1cc(C=O)cc(Br)c1OCc1nncn1C. The van der Waals surface area contributed by atoms with Crippen LogP contribution in [-0.4, -0.2) is 27.7 Å². The van der Waals surface area contributed by atoms with E-state index in [1.165, 1.54) is 0 Å². The summed E-state index contributed by atoms with van der Waals surface area (Å²) in [6.45, 7) is 2.61. The Hall–Kier alpha value is -1.89. The summed E-state index contributed by atoms with van der Waals surface area (Å²) in [6.07, 6.45) is 2.37. The number of carbonyl (C=O) groups excluding carboxylic acids is 1. The van der Waals surface area contributed by atoms with Crippen LogP contribution in [0.5, 0.6) is 11.5 Å². The molecule has 0 saturated carbocycles. The summed E-state index contributed by atoms with van der Waals surface area (Å²) in [6, 6.07) is 3.33. The highest BCUT2D eigenvalue weighted by Gasteiger charge is 2.13. The van der Waals surface area contributed by atoms with Gasteiger partial charge in [-0.3, -0.25) is 4.79 Å². The van der Waals surface area contributed by atoms with Crippen molar-refractivity contribution in [2.24, 2.45) is 7.05 Å². The molecule has 0 aliphatic heterocycles. The number of ether oxygens (including phenoxy) is 2. The minimum atomic E-state index is 0.260. The first-order valence-corrected chi connectivity index (χ1v) is 6.82. The molecule has 0 spiro atoms. The number of benzene rings is 1. The highest BCUT2D eigenvalue weighted by molar-refractivity contribution is 9.10. The van der Waals surface area contributed by atoms with Gasteiger partial charge in [0, 0.05) is 12.6 Å². The fourth-order valence-electron chi connectivity index (χ4n) is 1.63. The molecule has 0 atom stereocenters. The molecule has 0 unspecified atom stereocenters. The van der Waals surface area contributed by atoms with Gasteiger partial charge in [0.2, 0.25) is 0 Å². The maximum absolute atomic E-state index is 10.9. The van der Waals surface area contributed by atoms with Gasteiger partial charge in [-0.05, 0) is 35.0 Å². The summed E-state index contributed by atoms with van der Waals surface area (Å²) in [5.74, 6) is 1.76. The average molecular weight is 340 g/mol. The van der Waals surface area contributed by atoms with Crippen LogP contribution in [0.1, 0.15) is 23.1 Å². The molecule has 0 radical (unpaired) electrons. The third-order valence-electron chi connectivity index (χ3n) is 2.62. The summed E-state index contributed by atoms with van der Waals surface area (Å²) in [4.78, 5) is 10.9. The molecular weight excluding hydrogens is 326 g/mol. The second kappa shape index (κ2) is 6.51. The Balaban J connectivity index is 2.25. The molecule has 1 heterocycles. The average Bonchev–Trinajstić information content (AvgIpc) is 2.83. The van der Waals surface area contributed by atoms with Crippen molar-refractivity contribution < 1.29 is 14.3 Å². The highest BCUT2D eigenvalue weighted by atomic mass is 79.9. The first kappa shape index (κ1) is 14.5. The van der Waals surface area contributed by atoms with Crippen LogP contribution in [0.2, 0.25) is 0 Å². The van der Waals surface area contributed by atoms with Crippen molar-refractivity contribution in [3.05, 3.63) is 34.3 Å². The van der Waals surface area contributed by atoms with Gasteiger partial charge in [0.15, 0.2) is 17.3 Å².